The van der Waals surface area contributed by atoms with Crippen LogP contribution in [0.4, 0.5) is 0 Å². The van der Waals surface area contributed by atoms with Gasteiger partial charge in [-0.15, -0.1) is 0 Å². The van der Waals surface area contributed by atoms with Gasteiger partial charge in [-0.25, -0.2) is 0 Å². The number of benzene rings is 1. The highest BCUT2D eigenvalue weighted by Gasteiger charge is 1.93. The molecule has 70 valence electrons. The molecular formula is C12H11NO. The number of nitrogens with zero attached hydrogens (tertiary/aromatic N) is 1. The van der Waals surface area contributed by atoms with Gasteiger partial charge in [0.25, 0.3) is 0 Å². The summed E-state index contributed by atoms with van der Waals surface area (Å²) >= 11 is 0. The first kappa shape index (κ1) is 8.75. The number of methoxy groups -OCH3 is 1. The van der Waals surface area contributed by atoms with Crippen molar-refractivity contribution in [3.8, 4) is 0 Å². The Morgan fingerprint density at radius 2 is 2.00 bits per heavy atom. The summed E-state index contributed by atoms with van der Waals surface area (Å²) in [6.07, 6.45) is 5.33. The number of aromatic nitrogens is 1. The van der Waals surface area contributed by atoms with E-state index in [1.54, 1.807) is 13.4 Å². The SMILES string of the molecule is CO/C=C/c1cc2ccccc2cn1. The van der Waals surface area contributed by atoms with Crippen molar-refractivity contribution in [2.45, 2.75) is 0 Å². The van der Waals surface area contributed by atoms with Gasteiger partial charge in [-0.3, -0.25) is 4.98 Å². The lowest BCUT2D eigenvalue weighted by Gasteiger charge is -1.97. The summed E-state index contributed by atoms with van der Waals surface area (Å²) in [4.78, 5) is 4.28. The van der Waals surface area contributed by atoms with Gasteiger partial charge < -0.3 is 4.74 Å². The standard InChI is InChI=1S/C12H11NO/c1-14-7-6-12-8-10-4-2-3-5-11(10)9-13-12/h2-9H,1H3/b7-6+. The third-order valence-corrected chi connectivity index (χ3v) is 2.03. The molecule has 0 spiro atoms. The maximum Gasteiger partial charge on any atom is 0.0846 e. The van der Waals surface area contributed by atoms with Gasteiger partial charge in [0.1, 0.15) is 0 Å². The van der Waals surface area contributed by atoms with Crippen LogP contribution < -0.4 is 0 Å². The fraction of sp³-hybridized carbons (Fsp3) is 0.0833. The molecule has 2 nitrogen and oxygen atoms in total. The van der Waals surface area contributed by atoms with Crippen molar-refractivity contribution < 1.29 is 4.74 Å². The van der Waals surface area contributed by atoms with Crippen molar-refractivity contribution in [3.05, 3.63) is 48.5 Å². The molecule has 0 saturated carbocycles. The van der Waals surface area contributed by atoms with Crippen molar-refractivity contribution in [3.63, 3.8) is 0 Å². The third-order valence-electron chi connectivity index (χ3n) is 2.03. The van der Waals surface area contributed by atoms with Crippen molar-refractivity contribution in [2.24, 2.45) is 0 Å². The van der Waals surface area contributed by atoms with Crippen LogP contribution in [0.15, 0.2) is 42.8 Å². The number of pyridine rings is 1. The zero-order valence-electron chi connectivity index (χ0n) is 7.97. The molecule has 0 fully saturated rings. The van der Waals surface area contributed by atoms with Crippen LogP contribution in [-0.4, -0.2) is 12.1 Å². The molecule has 2 aromatic rings. The summed E-state index contributed by atoms with van der Waals surface area (Å²) in [5, 5.41) is 2.35. The monoisotopic (exact) mass is 185 g/mol. The van der Waals surface area contributed by atoms with Crippen LogP contribution in [0.25, 0.3) is 16.8 Å². The molecule has 0 N–H and O–H groups in total. The summed E-state index contributed by atoms with van der Waals surface area (Å²) in [6, 6.07) is 10.2. The Bertz CT molecular complexity index is 463. The van der Waals surface area contributed by atoms with Crippen LogP contribution in [0.2, 0.25) is 0 Å². The summed E-state index contributed by atoms with van der Waals surface area (Å²) in [5.74, 6) is 0. The minimum atomic E-state index is 0.908. The lowest BCUT2D eigenvalue weighted by atomic mass is 10.1. The highest BCUT2D eigenvalue weighted by Crippen LogP contribution is 2.13. The molecule has 0 aliphatic rings. The van der Waals surface area contributed by atoms with Crippen LogP contribution in [-0.2, 0) is 4.74 Å². The average molecular weight is 185 g/mol. The average Bonchev–Trinajstić information content (AvgIpc) is 2.26. The molecule has 1 heterocycles. The quantitative estimate of drug-likeness (QED) is 0.671. The second-order valence-electron chi connectivity index (χ2n) is 2.99. The minimum Gasteiger partial charge on any atom is -0.504 e. The lowest BCUT2D eigenvalue weighted by Crippen LogP contribution is -1.81. The molecule has 1 aromatic heterocycles. The fourth-order valence-electron chi connectivity index (χ4n) is 1.33. The Balaban J connectivity index is 2.46. The van der Waals surface area contributed by atoms with Gasteiger partial charge in [-0.2, -0.15) is 0 Å². The molecule has 1 aromatic carbocycles. The molecule has 0 bridgehead atoms. The topological polar surface area (TPSA) is 22.1 Å². The smallest absolute Gasteiger partial charge is 0.0846 e. The molecule has 0 radical (unpaired) electrons. The van der Waals surface area contributed by atoms with Crippen molar-refractivity contribution in [2.75, 3.05) is 7.11 Å². The molecule has 0 saturated heterocycles. The fourth-order valence-corrected chi connectivity index (χ4v) is 1.33. The normalized spacial score (nSPS) is 10.9. The zero-order chi connectivity index (χ0) is 9.80. The molecule has 0 amide bonds. The number of hydrogen-bond donors (Lipinski definition) is 0. The van der Waals surface area contributed by atoms with Gasteiger partial charge in [0.15, 0.2) is 0 Å². The Hall–Kier alpha value is -1.83. The Morgan fingerprint density at radius 3 is 2.79 bits per heavy atom. The molecule has 14 heavy (non-hydrogen) atoms. The van der Waals surface area contributed by atoms with Crippen molar-refractivity contribution in [1.82, 2.24) is 4.98 Å². The van der Waals surface area contributed by atoms with E-state index in [1.165, 1.54) is 5.39 Å². The highest BCUT2D eigenvalue weighted by molar-refractivity contribution is 5.82. The number of hydrogen-bond acceptors (Lipinski definition) is 2. The number of rotatable bonds is 2. The third kappa shape index (κ3) is 1.74. The van der Waals surface area contributed by atoms with Gasteiger partial charge in [0.2, 0.25) is 0 Å². The Morgan fingerprint density at radius 1 is 1.21 bits per heavy atom. The lowest BCUT2D eigenvalue weighted by molar-refractivity contribution is 0.341. The molecular weight excluding hydrogens is 174 g/mol. The largest absolute Gasteiger partial charge is 0.504 e. The predicted octanol–water partition coefficient (Wildman–Crippen LogP) is 2.85. The zero-order valence-corrected chi connectivity index (χ0v) is 7.97. The van der Waals surface area contributed by atoms with Crippen molar-refractivity contribution in [1.29, 1.82) is 0 Å². The van der Waals surface area contributed by atoms with E-state index in [4.69, 9.17) is 4.74 Å². The van der Waals surface area contributed by atoms with Gasteiger partial charge in [-0.05, 0) is 17.5 Å². The Labute approximate surface area is 82.9 Å². The summed E-state index contributed by atoms with van der Waals surface area (Å²) in [5.41, 5.74) is 0.908. The molecule has 0 unspecified atom stereocenters. The van der Waals surface area contributed by atoms with E-state index < -0.39 is 0 Å². The second-order valence-corrected chi connectivity index (χ2v) is 2.99. The predicted molar refractivity (Wildman–Crippen MR) is 57.8 cm³/mol. The highest BCUT2D eigenvalue weighted by atomic mass is 16.5. The summed E-state index contributed by atoms with van der Waals surface area (Å²) in [6.45, 7) is 0. The van der Waals surface area contributed by atoms with E-state index >= 15 is 0 Å². The second kappa shape index (κ2) is 3.92. The Kier molecular flexibility index (Phi) is 2.45. The van der Waals surface area contributed by atoms with Crippen molar-refractivity contribution >= 4 is 16.8 Å². The first-order valence-electron chi connectivity index (χ1n) is 4.44. The van der Waals surface area contributed by atoms with Gasteiger partial charge in [0.05, 0.1) is 19.1 Å². The van der Waals surface area contributed by atoms with Gasteiger partial charge >= 0.3 is 0 Å². The molecule has 2 rings (SSSR count). The minimum absolute atomic E-state index is 0.908. The van der Waals surface area contributed by atoms with Crippen LogP contribution in [0.1, 0.15) is 5.69 Å². The first-order valence-corrected chi connectivity index (χ1v) is 4.44. The maximum atomic E-state index is 4.84. The van der Waals surface area contributed by atoms with E-state index in [-0.39, 0.29) is 0 Å². The first-order chi connectivity index (χ1) is 6.90. The summed E-state index contributed by atoms with van der Waals surface area (Å²) < 4.78 is 4.84. The number of fused-ring (bicyclic) bond motifs is 1. The summed E-state index contributed by atoms with van der Waals surface area (Å²) in [7, 11) is 1.62. The molecule has 0 aliphatic carbocycles. The molecule has 0 atom stereocenters. The molecule has 0 aliphatic heterocycles. The van der Waals surface area contributed by atoms with E-state index in [1.807, 2.05) is 36.5 Å². The van der Waals surface area contributed by atoms with Crippen LogP contribution >= 0.6 is 0 Å². The number of ether oxygens (including phenoxy) is 1. The van der Waals surface area contributed by atoms with E-state index in [9.17, 15) is 0 Å². The van der Waals surface area contributed by atoms with Crippen LogP contribution in [0.5, 0.6) is 0 Å². The van der Waals surface area contributed by atoms with E-state index in [2.05, 4.69) is 11.1 Å². The van der Waals surface area contributed by atoms with Crippen LogP contribution in [0, 0.1) is 0 Å². The van der Waals surface area contributed by atoms with E-state index in [0.717, 1.165) is 11.1 Å². The maximum absolute atomic E-state index is 4.84. The van der Waals surface area contributed by atoms with E-state index in [0.29, 0.717) is 0 Å². The van der Waals surface area contributed by atoms with Crippen LogP contribution in [0.3, 0.4) is 0 Å². The molecule has 2 heteroatoms. The van der Waals surface area contributed by atoms with Gasteiger partial charge in [-0.1, -0.05) is 24.3 Å². The van der Waals surface area contributed by atoms with Gasteiger partial charge in [0, 0.05) is 11.6 Å².